The number of ether oxygens (including phenoxy) is 1. The number of aryl methyl sites for hydroxylation is 3. The first-order valence-corrected chi connectivity index (χ1v) is 11.0. The zero-order valence-corrected chi connectivity index (χ0v) is 17.9. The second-order valence-corrected chi connectivity index (χ2v) is 7.66. The van der Waals surface area contributed by atoms with Crippen LogP contribution in [0.3, 0.4) is 0 Å². The molecule has 0 radical (unpaired) electrons. The average molecular weight is 388 g/mol. The van der Waals surface area contributed by atoms with Crippen molar-refractivity contribution in [3.63, 3.8) is 0 Å². The van der Waals surface area contributed by atoms with Gasteiger partial charge in [-0.3, -0.25) is 4.98 Å². The van der Waals surface area contributed by atoms with Crippen LogP contribution >= 0.6 is 0 Å². The molecule has 0 saturated carbocycles. The van der Waals surface area contributed by atoms with E-state index < -0.39 is 0 Å². The Morgan fingerprint density at radius 1 is 0.690 bits per heavy atom. The Kier molecular flexibility index (Phi) is 8.30. The lowest BCUT2D eigenvalue weighted by atomic mass is 10.0. The summed E-state index contributed by atoms with van der Waals surface area (Å²) in [6.45, 7) is 5.21. The maximum absolute atomic E-state index is 5.83. The van der Waals surface area contributed by atoms with Crippen LogP contribution < -0.4 is 4.74 Å². The fourth-order valence-corrected chi connectivity index (χ4v) is 3.41. The van der Waals surface area contributed by atoms with Crippen LogP contribution in [0.15, 0.2) is 66.9 Å². The maximum atomic E-state index is 5.83. The summed E-state index contributed by atoms with van der Waals surface area (Å²) in [5.41, 5.74) is 6.20. The van der Waals surface area contributed by atoms with Gasteiger partial charge in [0.1, 0.15) is 5.75 Å². The van der Waals surface area contributed by atoms with Crippen LogP contribution in [0.5, 0.6) is 5.75 Å². The first-order chi connectivity index (χ1) is 14.3. The van der Waals surface area contributed by atoms with E-state index in [1.165, 1.54) is 41.5 Å². The Morgan fingerprint density at radius 3 is 1.93 bits per heavy atom. The molecular formula is C27H33NO. The average Bonchev–Trinajstić information content (AvgIpc) is 2.79. The fraction of sp³-hybridized carbons (Fsp3) is 0.370. The molecule has 0 spiro atoms. The Labute approximate surface area is 176 Å². The van der Waals surface area contributed by atoms with E-state index in [0.29, 0.717) is 0 Å². The van der Waals surface area contributed by atoms with E-state index in [1.54, 1.807) is 0 Å². The largest absolute Gasteiger partial charge is 0.494 e. The minimum atomic E-state index is 0.821. The summed E-state index contributed by atoms with van der Waals surface area (Å²) in [6, 6.07) is 21.7. The van der Waals surface area contributed by atoms with Crippen molar-refractivity contribution in [1.82, 2.24) is 4.98 Å². The molecule has 0 N–H and O–H groups in total. The van der Waals surface area contributed by atoms with Gasteiger partial charge in [0.15, 0.2) is 0 Å². The summed E-state index contributed by atoms with van der Waals surface area (Å²) >= 11 is 0. The minimum absolute atomic E-state index is 0.821. The molecule has 0 fully saturated rings. The summed E-state index contributed by atoms with van der Waals surface area (Å²) < 4.78 is 5.83. The van der Waals surface area contributed by atoms with Crippen LogP contribution in [0.1, 0.15) is 56.2 Å². The standard InChI is InChI=1S/C27H33NO/c1-3-5-6-7-20-29-26-17-12-24(13-18-26)9-8-23-10-15-25(16-11-23)27-19-14-22(4-2)21-28-27/h10-19,21H,3-9,20H2,1-2H3. The molecule has 0 unspecified atom stereocenters. The predicted molar refractivity (Wildman–Crippen MR) is 123 cm³/mol. The molecule has 2 heteroatoms. The molecule has 0 bridgehead atoms. The first-order valence-electron chi connectivity index (χ1n) is 11.0. The second kappa shape index (κ2) is 11.4. The number of hydrogen-bond donors (Lipinski definition) is 0. The smallest absolute Gasteiger partial charge is 0.119 e. The van der Waals surface area contributed by atoms with E-state index in [0.717, 1.165) is 43.7 Å². The third-order valence-electron chi connectivity index (χ3n) is 5.38. The Bertz CT molecular complexity index is 835. The van der Waals surface area contributed by atoms with Crippen LogP contribution in [0.25, 0.3) is 11.3 Å². The highest BCUT2D eigenvalue weighted by Crippen LogP contribution is 2.19. The van der Waals surface area contributed by atoms with Crippen molar-refractivity contribution in [3.05, 3.63) is 83.6 Å². The number of aromatic nitrogens is 1. The molecule has 2 nitrogen and oxygen atoms in total. The highest BCUT2D eigenvalue weighted by Gasteiger charge is 2.02. The number of hydrogen-bond acceptors (Lipinski definition) is 2. The topological polar surface area (TPSA) is 22.1 Å². The molecule has 0 amide bonds. The lowest BCUT2D eigenvalue weighted by Gasteiger charge is -2.08. The van der Waals surface area contributed by atoms with Crippen molar-refractivity contribution in [1.29, 1.82) is 0 Å². The van der Waals surface area contributed by atoms with Crippen molar-refractivity contribution in [2.45, 2.75) is 58.8 Å². The van der Waals surface area contributed by atoms with Crippen molar-refractivity contribution >= 4 is 0 Å². The summed E-state index contributed by atoms with van der Waals surface area (Å²) in [4.78, 5) is 4.58. The number of unbranched alkanes of at least 4 members (excludes halogenated alkanes) is 3. The molecular weight excluding hydrogens is 354 g/mol. The van der Waals surface area contributed by atoms with Crippen molar-refractivity contribution in [3.8, 4) is 17.0 Å². The molecule has 29 heavy (non-hydrogen) atoms. The summed E-state index contributed by atoms with van der Waals surface area (Å²) in [5, 5.41) is 0. The number of nitrogens with zero attached hydrogens (tertiary/aromatic N) is 1. The van der Waals surface area contributed by atoms with Gasteiger partial charge in [-0.05, 0) is 60.6 Å². The van der Waals surface area contributed by atoms with Crippen LogP contribution in [0.2, 0.25) is 0 Å². The Morgan fingerprint density at radius 2 is 1.34 bits per heavy atom. The third-order valence-corrected chi connectivity index (χ3v) is 5.38. The maximum Gasteiger partial charge on any atom is 0.119 e. The van der Waals surface area contributed by atoms with Crippen molar-refractivity contribution < 1.29 is 4.74 Å². The van der Waals surface area contributed by atoms with E-state index in [-0.39, 0.29) is 0 Å². The van der Waals surface area contributed by atoms with E-state index in [9.17, 15) is 0 Å². The summed E-state index contributed by atoms with van der Waals surface area (Å²) in [5.74, 6) is 0.983. The van der Waals surface area contributed by atoms with Gasteiger partial charge < -0.3 is 4.74 Å². The molecule has 1 heterocycles. The number of rotatable bonds is 11. The Hall–Kier alpha value is -2.61. The van der Waals surface area contributed by atoms with Gasteiger partial charge >= 0.3 is 0 Å². The van der Waals surface area contributed by atoms with Gasteiger partial charge in [-0.2, -0.15) is 0 Å². The SMILES string of the molecule is CCCCCCOc1ccc(CCc2ccc(-c3ccc(CC)cn3)cc2)cc1. The molecule has 0 atom stereocenters. The van der Waals surface area contributed by atoms with Crippen LogP contribution in [-0.4, -0.2) is 11.6 Å². The molecule has 3 rings (SSSR count). The number of benzene rings is 2. The molecule has 152 valence electrons. The van der Waals surface area contributed by atoms with E-state index in [1.807, 2.05) is 6.20 Å². The van der Waals surface area contributed by atoms with Gasteiger partial charge in [-0.25, -0.2) is 0 Å². The van der Waals surface area contributed by atoms with Gasteiger partial charge in [0.2, 0.25) is 0 Å². The lowest BCUT2D eigenvalue weighted by Crippen LogP contribution is -1.97. The highest BCUT2D eigenvalue weighted by molar-refractivity contribution is 5.59. The molecule has 0 aliphatic rings. The summed E-state index contributed by atoms with van der Waals surface area (Å²) in [6.07, 6.45) is 10.0. The van der Waals surface area contributed by atoms with Gasteiger partial charge in [0.25, 0.3) is 0 Å². The highest BCUT2D eigenvalue weighted by atomic mass is 16.5. The van der Waals surface area contributed by atoms with Gasteiger partial charge in [-0.15, -0.1) is 0 Å². The van der Waals surface area contributed by atoms with E-state index >= 15 is 0 Å². The molecule has 1 aromatic heterocycles. The number of pyridine rings is 1. The van der Waals surface area contributed by atoms with E-state index in [4.69, 9.17) is 4.74 Å². The quantitative estimate of drug-likeness (QED) is 0.329. The third kappa shape index (κ3) is 6.74. The monoisotopic (exact) mass is 387 g/mol. The van der Waals surface area contributed by atoms with Crippen LogP contribution in [0.4, 0.5) is 0 Å². The Balaban J connectivity index is 1.47. The molecule has 0 aliphatic carbocycles. The lowest BCUT2D eigenvalue weighted by molar-refractivity contribution is 0.305. The molecule has 0 saturated heterocycles. The van der Waals surface area contributed by atoms with Crippen LogP contribution in [-0.2, 0) is 19.3 Å². The molecule has 0 aliphatic heterocycles. The van der Waals surface area contributed by atoms with Crippen molar-refractivity contribution in [2.75, 3.05) is 6.61 Å². The fourth-order valence-electron chi connectivity index (χ4n) is 3.41. The molecule has 2 aromatic carbocycles. The van der Waals surface area contributed by atoms with E-state index in [2.05, 4.69) is 79.5 Å². The zero-order valence-electron chi connectivity index (χ0n) is 17.9. The van der Waals surface area contributed by atoms with Crippen molar-refractivity contribution in [2.24, 2.45) is 0 Å². The van der Waals surface area contributed by atoms with Gasteiger partial charge in [-0.1, -0.05) is 75.6 Å². The summed E-state index contributed by atoms with van der Waals surface area (Å²) in [7, 11) is 0. The van der Waals surface area contributed by atoms with Crippen LogP contribution in [0, 0.1) is 0 Å². The second-order valence-electron chi connectivity index (χ2n) is 7.66. The predicted octanol–water partition coefficient (Wildman–Crippen LogP) is 7.06. The van der Waals surface area contributed by atoms with Gasteiger partial charge in [0, 0.05) is 11.8 Å². The molecule has 3 aromatic rings. The minimum Gasteiger partial charge on any atom is -0.494 e. The zero-order chi connectivity index (χ0) is 20.3. The van der Waals surface area contributed by atoms with Gasteiger partial charge in [0.05, 0.1) is 12.3 Å². The normalized spacial score (nSPS) is 10.8. The first kappa shape index (κ1) is 21.1.